The van der Waals surface area contributed by atoms with E-state index in [1.165, 1.54) is 16.9 Å². The molecule has 0 bridgehead atoms. The van der Waals surface area contributed by atoms with Gasteiger partial charge in [-0.2, -0.15) is 0 Å². The maximum atomic E-state index is 12.1. The third-order valence-electron chi connectivity index (χ3n) is 3.13. The second kappa shape index (κ2) is 7.44. The number of rotatable bonds is 4. The Morgan fingerprint density at radius 2 is 1.73 bits per heavy atom. The topological polar surface area (TPSA) is 76.2 Å². The predicted octanol–water partition coefficient (Wildman–Crippen LogP) is 1.34. The van der Waals surface area contributed by atoms with Crippen LogP contribution in [0.15, 0.2) is 30.3 Å². The Morgan fingerprint density at radius 3 is 2.41 bits per heavy atom. The zero-order valence-electron chi connectivity index (χ0n) is 12.4. The fourth-order valence-electron chi connectivity index (χ4n) is 2.09. The second-order valence-electron chi connectivity index (χ2n) is 4.81. The number of hydrazine groups is 1. The number of carbonyl (C=O) groups is 3. The number of hydrogen-bond acceptors (Lipinski definition) is 5. The van der Waals surface area contributed by atoms with Gasteiger partial charge in [-0.05, 0) is 12.0 Å². The minimum atomic E-state index is -0.586. The third kappa shape index (κ3) is 4.21. The molecule has 1 fully saturated rings. The fraction of sp³-hybridized carbons (Fsp3) is 0.400. The first-order valence-electron chi connectivity index (χ1n) is 7.00. The highest BCUT2D eigenvalue weighted by atomic mass is 16.6. The first-order valence-corrected chi connectivity index (χ1v) is 7.00. The molecule has 1 heterocycles. The molecule has 0 N–H and O–H groups in total. The van der Waals surface area contributed by atoms with Crippen molar-refractivity contribution in [1.82, 2.24) is 10.0 Å². The van der Waals surface area contributed by atoms with E-state index in [-0.39, 0.29) is 13.2 Å². The van der Waals surface area contributed by atoms with Crippen LogP contribution in [-0.2, 0) is 25.7 Å². The molecule has 0 unspecified atom stereocenters. The van der Waals surface area contributed by atoms with Gasteiger partial charge in [-0.3, -0.25) is 9.59 Å². The predicted molar refractivity (Wildman–Crippen MR) is 76.3 cm³/mol. The lowest BCUT2D eigenvalue weighted by atomic mass is 10.2. The number of hydrogen-bond donors (Lipinski definition) is 0. The first-order chi connectivity index (χ1) is 10.6. The monoisotopic (exact) mass is 306 g/mol. The number of ether oxygens (including phenoxy) is 2. The number of amides is 2. The van der Waals surface area contributed by atoms with E-state index >= 15 is 0 Å². The van der Waals surface area contributed by atoms with Gasteiger partial charge in [-0.1, -0.05) is 30.3 Å². The molecule has 118 valence electrons. The normalized spacial score (nSPS) is 13.9. The summed E-state index contributed by atoms with van der Waals surface area (Å²) >= 11 is 0. The van der Waals surface area contributed by atoms with Crippen LogP contribution in [0.25, 0.3) is 0 Å². The molecule has 0 spiro atoms. The molecule has 7 nitrogen and oxygen atoms in total. The molecule has 22 heavy (non-hydrogen) atoms. The van der Waals surface area contributed by atoms with Crippen molar-refractivity contribution in [3.8, 4) is 0 Å². The van der Waals surface area contributed by atoms with E-state index in [9.17, 15) is 14.4 Å². The molecule has 0 aliphatic carbocycles. The number of esters is 1. The lowest BCUT2D eigenvalue weighted by Crippen LogP contribution is -2.46. The van der Waals surface area contributed by atoms with Crippen molar-refractivity contribution in [1.29, 1.82) is 0 Å². The van der Waals surface area contributed by atoms with Crippen LogP contribution < -0.4 is 0 Å². The van der Waals surface area contributed by atoms with Crippen LogP contribution in [0.2, 0.25) is 0 Å². The summed E-state index contributed by atoms with van der Waals surface area (Å²) in [5.41, 5.74) is 0.868. The summed E-state index contributed by atoms with van der Waals surface area (Å²) in [5.74, 6) is -0.977. The number of benzene rings is 1. The van der Waals surface area contributed by atoms with Crippen LogP contribution in [0.5, 0.6) is 0 Å². The van der Waals surface area contributed by atoms with Crippen LogP contribution in [0.4, 0.5) is 4.79 Å². The smallest absolute Gasteiger partial charge is 0.429 e. The summed E-state index contributed by atoms with van der Waals surface area (Å²) < 4.78 is 9.87. The molecule has 1 aliphatic heterocycles. The van der Waals surface area contributed by atoms with E-state index < -0.39 is 18.0 Å². The average molecular weight is 306 g/mol. The van der Waals surface area contributed by atoms with Crippen molar-refractivity contribution in [3.05, 3.63) is 35.9 Å². The summed E-state index contributed by atoms with van der Waals surface area (Å²) in [4.78, 5) is 34.8. The average Bonchev–Trinajstić information content (AvgIpc) is 3.01. The Balaban J connectivity index is 1.87. The Labute approximate surface area is 128 Å². The molecule has 0 aromatic heterocycles. The van der Waals surface area contributed by atoms with Crippen LogP contribution in [0.3, 0.4) is 0 Å². The molecule has 1 aromatic carbocycles. The van der Waals surface area contributed by atoms with Gasteiger partial charge in [-0.25, -0.2) is 14.8 Å². The maximum Gasteiger partial charge on any atom is 0.429 e. The molecule has 7 heteroatoms. The Hall–Kier alpha value is -2.57. The molecule has 1 aromatic rings. The van der Waals surface area contributed by atoms with Crippen molar-refractivity contribution < 1.29 is 23.9 Å². The summed E-state index contributed by atoms with van der Waals surface area (Å²) in [6.07, 6.45) is 0.0734. The highest BCUT2D eigenvalue weighted by Gasteiger charge is 2.32. The summed E-state index contributed by atoms with van der Waals surface area (Å²) in [5, 5.41) is 2.50. The SMILES string of the molecule is CC(=O)OCC(=O)N1CCCN1C(=O)OCc1ccccc1. The van der Waals surface area contributed by atoms with Gasteiger partial charge in [0, 0.05) is 20.0 Å². The molecular formula is C15H18N2O5. The highest BCUT2D eigenvalue weighted by Crippen LogP contribution is 2.13. The minimum absolute atomic E-state index is 0.141. The number of carbonyl (C=O) groups excluding carboxylic acids is 3. The van der Waals surface area contributed by atoms with Gasteiger partial charge < -0.3 is 9.47 Å². The number of nitrogens with zero attached hydrogens (tertiary/aromatic N) is 2. The molecule has 2 rings (SSSR count). The van der Waals surface area contributed by atoms with Crippen LogP contribution in [0.1, 0.15) is 18.9 Å². The van der Waals surface area contributed by atoms with E-state index in [0.717, 1.165) is 5.56 Å². The third-order valence-corrected chi connectivity index (χ3v) is 3.13. The minimum Gasteiger partial charge on any atom is -0.456 e. The van der Waals surface area contributed by atoms with Crippen molar-refractivity contribution in [2.24, 2.45) is 0 Å². The summed E-state index contributed by atoms with van der Waals surface area (Å²) in [7, 11) is 0. The van der Waals surface area contributed by atoms with E-state index in [0.29, 0.717) is 19.5 Å². The van der Waals surface area contributed by atoms with Crippen molar-refractivity contribution in [2.75, 3.05) is 19.7 Å². The van der Waals surface area contributed by atoms with Gasteiger partial charge in [0.1, 0.15) is 6.61 Å². The van der Waals surface area contributed by atoms with Crippen LogP contribution in [0, 0.1) is 0 Å². The molecule has 1 aliphatic rings. The largest absolute Gasteiger partial charge is 0.456 e. The van der Waals surface area contributed by atoms with E-state index in [4.69, 9.17) is 4.74 Å². The van der Waals surface area contributed by atoms with Gasteiger partial charge in [0.25, 0.3) is 5.91 Å². The van der Waals surface area contributed by atoms with Crippen molar-refractivity contribution in [2.45, 2.75) is 20.0 Å². The van der Waals surface area contributed by atoms with Gasteiger partial charge in [-0.15, -0.1) is 0 Å². The molecular weight excluding hydrogens is 288 g/mol. The van der Waals surface area contributed by atoms with Gasteiger partial charge in [0.15, 0.2) is 6.61 Å². The summed E-state index contributed by atoms with van der Waals surface area (Å²) in [6.45, 7) is 1.79. The highest BCUT2D eigenvalue weighted by molar-refractivity contribution is 5.82. The lowest BCUT2D eigenvalue weighted by molar-refractivity contribution is -0.155. The second-order valence-corrected chi connectivity index (χ2v) is 4.81. The first kappa shape index (κ1) is 15.8. The maximum absolute atomic E-state index is 12.1. The zero-order valence-corrected chi connectivity index (χ0v) is 12.4. The summed E-state index contributed by atoms with van der Waals surface area (Å²) in [6, 6.07) is 9.28. The van der Waals surface area contributed by atoms with Gasteiger partial charge in [0.05, 0.1) is 0 Å². The van der Waals surface area contributed by atoms with Crippen molar-refractivity contribution >= 4 is 18.0 Å². The quantitative estimate of drug-likeness (QED) is 0.785. The molecule has 0 radical (unpaired) electrons. The van der Waals surface area contributed by atoms with Crippen LogP contribution in [-0.4, -0.2) is 47.7 Å². The molecule has 2 amide bonds. The lowest BCUT2D eigenvalue weighted by Gasteiger charge is -2.26. The molecule has 0 atom stereocenters. The molecule has 1 saturated heterocycles. The van der Waals surface area contributed by atoms with E-state index in [1.54, 1.807) is 0 Å². The Bertz CT molecular complexity index is 546. The molecule has 0 saturated carbocycles. The van der Waals surface area contributed by atoms with Crippen molar-refractivity contribution in [3.63, 3.8) is 0 Å². The Kier molecular flexibility index (Phi) is 5.35. The van der Waals surface area contributed by atoms with Gasteiger partial charge in [0.2, 0.25) is 0 Å². The zero-order chi connectivity index (χ0) is 15.9. The van der Waals surface area contributed by atoms with E-state index in [1.807, 2.05) is 30.3 Å². The van der Waals surface area contributed by atoms with Gasteiger partial charge >= 0.3 is 12.1 Å². The van der Waals surface area contributed by atoms with E-state index in [2.05, 4.69) is 4.74 Å². The fourth-order valence-corrected chi connectivity index (χ4v) is 2.09. The van der Waals surface area contributed by atoms with Crippen LogP contribution >= 0.6 is 0 Å². The Morgan fingerprint density at radius 1 is 1.05 bits per heavy atom. The standard InChI is InChI=1S/C15H18N2O5/c1-12(18)21-11-14(19)16-8-5-9-17(16)15(20)22-10-13-6-3-2-4-7-13/h2-4,6-7H,5,8-11H2,1H3.